The zero-order chi connectivity index (χ0) is 16.6. The molecule has 0 fully saturated rings. The van der Waals surface area contributed by atoms with E-state index in [0.29, 0.717) is 6.07 Å². The van der Waals surface area contributed by atoms with E-state index in [4.69, 9.17) is 0 Å². The van der Waals surface area contributed by atoms with Gasteiger partial charge >= 0.3 is 12.4 Å². The first-order valence-corrected chi connectivity index (χ1v) is 6.24. The van der Waals surface area contributed by atoms with Gasteiger partial charge in [0.05, 0.1) is 11.1 Å². The van der Waals surface area contributed by atoms with Gasteiger partial charge < -0.3 is 5.32 Å². The molecule has 7 heteroatoms. The summed E-state index contributed by atoms with van der Waals surface area (Å²) in [7, 11) is 1.43. The molecule has 0 aliphatic heterocycles. The van der Waals surface area contributed by atoms with Crippen molar-refractivity contribution < 1.29 is 26.3 Å². The zero-order valence-corrected chi connectivity index (χ0v) is 12.1. The third-order valence-electron chi connectivity index (χ3n) is 3.15. The molecule has 0 aliphatic rings. The van der Waals surface area contributed by atoms with Gasteiger partial charge in [0, 0.05) is 6.04 Å². The average molecular weight is 313 g/mol. The lowest BCUT2D eigenvalue weighted by atomic mass is 9.79. The van der Waals surface area contributed by atoms with E-state index >= 15 is 0 Å². The second-order valence-electron chi connectivity index (χ2n) is 5.85. The fourth-order valence-electron chi connectivity index (χ4n) is 2.42. The SMILES string of the molecule is CNC(c1cccc(C(F)(F)F)c1C(F)(F)F)C(C)(C)C. The molecule has 1 nitrogen and oxygen atoms in total. The molecule has 0 spiro atoms. The maximum Gasteiger partial charge on any atom is 0.417 e. The predicted molar refractivity (Wildman–Crippen MR) is 67.7 cm³/mol. The van der Waals surface area contributed by atoms with Crippen molar-refractivity contribution in [1.82, 2.24) is 5.32 Å². The summed E-state index contributed by atoms with van der Waals surface area (Å²) in [6.07, 6.45) is -10.1. The van der Waals surface area contributed by atoms with Gasteiger partial charge in [-0.05, 0) is 24.1 Å². The van der Waals surface area contributed by atoms with Crippen molar-refractivity contribution >= 4 is 0 Å². The van der Waals surface area contributed by atoms with Crippen LogP contribution in [0.25, 0.3) is 0 Å². The quantitative estimate of drug-likeness (QED) is 0.755. The molecule has 0 aliphatic carbocycles. The molecule has 1 unspecified atom stereocenters. The summed E-state index contributed by atoms with van der Waals surface area (Å²) in [5, 5.41) is 2.68. The van der Waals surface area contributed by atoms with Crippen molar-refractivity contribution in [2.24, 2.45) is 5.41 Å². The van der Waals surface area contributed by atoms with Gasteiger partial charge in [-0.15, -0.1) is 0 Å². The van der Waals surface area contributed by atoms with Crippen LogP contribution in [-0.2, 0) is 12.4 Å². The van der Waals surface area contributed by atoms with Crippen LogP contribution in [0.4, 0.5) is 26.3 Å². The Bertz CT molecular complexity index is 496. The molecule has 0 radical (unpaired) electrons. The second-order valence-corrected chi connectivity index (χ2v) is 5.85. The number of alkyl halides is 6. The Morgan fingerprint density at radius 3 is 1.76 bits per heavy atom. The smallest absolute Gasteiger partial charge is 0.313 e. The fraction of sp³-hybridized carbons (Fsp3) is 0.571. The van der Waals surface area contributed by atoms with E-state index in [0.717, 1.165) is 12.1 Å². The second kappa shape index (κ2) is 5.51. The van der Waals surface area contributed by atoms with E-state index in [1.165, 1.54) is 7.05 Å². The van der Waals surface area contributed by atoms with E-state index in [9.17, 15) is 26.3 Å². The van der Waals surface area contributed by atoms with Crippen LogP contribution >= 0.6 is 0 Å². The fourth-order valence-corrected chi connectivity index (χ4v) is 2.42. The van der Waals surface area contributed by atoms with E-state index in [1.54, 1.807) is 20.8 Å². The highest BCUT2D eigenvalue weighted by Gasteiger charge is 2.46. The molecule has 1 atom stereocenters. The summed E-state index contributed by atoms with van der Waals surface area (Å²) in [6.45, 7) is 4.98. The molecule has 0 bridgehead atoms. The third-order valence-corrected chi connectivity index (χ3v) is 3.15. The first-order chi connectivity index (χ1) is 9.30. The molecular weight excluding hydrogens is 296 g/mol. The number of nitrogens with one attached hydrogen (secondary N) is 1. The lowest BCUT2D eigenvalue weighted by Gasteiger charge is -2.33. The lowest BCUT2D eigenvalue weighted by molar-refractivity contribution is -0.162. The van der Waals surface area contributed by atoms with Crippen LogP contribution in [0.2, 0.25) is 0 Å². The van der Waals surface area contributed by atoms with Crippen LogP contribution in [0.1, 0.15) is 43.5 Å². The molecule has 0 heterocycles. The van der Waals surface area contributed by atoms with Gasteiger partial charge in [0.25, 0.3) is 0 Å². The van der Waals surface area contributed by atoms with Crippen LogP contribution in [-0.4, -0.2) is 7.05 Å². The largest absolute Gasteiger partial charge is 0.417 e. The van der Waals surface area contributed by atoms with Crippen LogP contribution in [0.15, 0.2) is 18.2 Å². The zero-order valence-electron chi connectivity index (χ0n) is 12.1. The molecule has 1 rings (SSSR count). The topological polar surface area (TPSA) is 12.0 Å². The number of benzene rings is 1. The molecule has 1 N–H and O–H groups in total. The standard InChI is InChI=1S/C14H17F6N/c1-12(2,3)11(21-4)8-6-5-7-9(13(15,16)17)10(8)14(18,19)20/h5-7,11,21H,1-4H3. The maximum absolute atomic E-state index is 13.2. The number of hydrogen-bond donors (Lipinski definition) is 1. The number of halogens is 6. The first kappa shape index (κ1) is 17.8. The van der Waals surface area contributed by atoms with Crippen molar-refractivity contribution in [3.8, 4) is 0 Å². The Kier molecular flexibility index (Phi) is 4.68. The minimum absolute atomic E-state index is 0.396. The molecular formula is C14H17F6N. The number of rotatable bonds is 2. The first-order valence-electron chi connectivity index (χ1n) is 6.24. The Morgan fingerprint density at radius 2 is 1.43 bits per heavy atom. The number of hydrogen-bond acceptors (Lipinski definition) is 1. The highest BCUT2D eigenvalue weighted by atomic mass is 19.4. The van der Waals surface area contributed by atoms with Gasteiger partial charge in [-0.3, -0.25) is 0 Å². The molecule has 0 amide bonds. The molecule has 1 aromatic carbocycles. The van der Waals surface area contributed by atoms with Gasteiger partial charge in [-0.2, -0.15) is 26.3 Å². The maximum atomic E-state index is 13.2. The molecule has 0 saturated heterocycles. The Morgan fingerprint density at radius 1 is 0.905 bits per heavy atom. The van der Waals surface area contributed by atoms with Crippen LogP contribution in [0.5, 0.6) is 0 Å². The summed E-state index contributed by atoms with van der Waals surface area (Å²) in [4.78, 5) is 0. The Hall–Kier alpha value is -1.24. The molecule has 120 valence electrons. The van der Waals surface area contributed by atoms with Crippen molar-refractivity contribution in [3.63, 3.8) is 0 Å². The van der Waals surface area contributed by atoms with Crippen LogP contribution < -0.4 is 5.32 Å². The van der Waals surface area contributed by atoms with Crippen molar-refractivity contribution in [2.45, 2.75) is 39.2 Å². The Balaban J connectivity index is 3.68. The summed E-state index contributed by atoms with van der Waals surface area (Å²) in [5.41, 5.74) is -4.35. The molecule has 1 aromatic rings. The predicted octanol–water partition coefficient (Wildman–Crippen LogP) is 5.03. The minimum atomic E-state index is -5.08. The van der Waals surface area contributed by atoms with E-state index < -0.39 is 40.5 Å². The van der Waals surface area contributed by atoms with Gasteiger partial charge in [0.15, 0.2) is 0 Å². The molecule has 0 aromatic heterocycles. The van der Waals surface area contributed by atoms with Gasteiger partial charge in [-0.25, -0.2) is 0 Å². The lowest BCUT2D eigenvalue weighted by Crippen LogP contribution is -2.32. The highest BCUT2D eigenvalue weighted by molar-refractivity contribution is 5.41. The van der Waals surface area contributed by atoms with Crippen molar-refractivity contribution in [1.29, 1.82) is 0 Å². The average Bonchev–Trinajstić information content (AvgIpc) is 2.25. The van der Waals surface area contributed by atoms with E-state index in [2.05, 4.69) is 5.32 Å². The Labute approximate surface area is 119 Å². The summed E-state index contributed by atoms with van der Waals surface area (Å²) >= 11 is 0. The minimum Gasteiger partial charge on any atom is -0.313 e. The third kappa shape index (κ3) is 3.90. The normalized spacial score (nSPS) is 15.1. The van der Waals surface area contributed by atoms with Gasteiger partial charge in [0.1, 0.15) is 0 Å². The van der Waals surface area contributed by atoms with Gasteiger partial charge in [-0.1, -0.05) is 32.9 Å². The van der Waals surface area contributed by atoms with Crippen LogP contribution in [0.3, 0.4) is 0 Å². The summed E-state index contributed by atoms with van der Waals surface area (Å²) < 4.78 is 78.3. The van der Waals surface area contributed by atoms with Gasteiger partial charge in [0.2, 0.25) is 0 Å². The van der Waals surface area contributed by atoms with E-state index in [-0.39, 0.29) is 0 Å². The molecule has 21 heavy (non-hydrogen) atoms. The van der Waals surface area contributed by atoms with Crippen molar-refractivity contribution in [3.05, 3.63) is 34.9 Å². The van der Waals surface area contributed by atoms with Crippen molar-refractivity contribution in [2.75, 3.05) is 7.05 Å². The molecule has 0 saturated carbocycles. The van der Waals surface area contributed by atoms with Crippen LogP contribution in [0, 0.1) is 5.41 Å². The van der Waals surface area contributed by atoms with E-state index in [1.807, 2.05) is 0 Å². The monoisotopic (exact) mass is 313 g/mol. The highest BCUT2D eigenvalue weighted by Crippen LogP contribution is 2.46. The summed E-state index contributed by atoms with van der Waals surface area (Å²) in [5.74, 6) is 0. The summed E-state index contributed by atoms with van der Waals surface area (Å²) in [6, 6.07) is 1.69.